The largest absolute Gasteiger partial charge is 0.373 e. The third-order valence-corrected chi connectivity index (χ3v) is 3.19. The van der Waals surface area contributed by atoms with Crippen molar-refractivity contribution in [1.82, 2.24) is 10.3 Å². The average Bonchev–Trinajstić information content (AvgIpc) is 2.47. The number of halogens is 1. The summed E-state index contributed by atoms with van der Waals surface area (Å²) in [7, 11) is 1.75. The van der Waals surface area contributed by atoms with Crippen LogP contribution in [0, 0.1) is 12.7 Å². The second-order valence-corrected chi connectivity index (χ2v) is 4.88. The van der Waals surface area contributed by atoms with Gasteiger partial charge in [0.2, 0.25) is 0 Å². The Labute approximate surface area is 123 Å². The number of benzene rings is 1. The van der Waals surface area contributed by atoms with Gasteiger partial charge < -0.3 is 10.6 Å². The van der Waals surface area contributed by atoms with E-state index >= 15 is 0 Å². The first kappa shape index (κ1) is 15.0. The van der Waals surface area contributed by atoms with Gasteiger partial charge in [-0.25, -0.2) is 9.37 Å². The molecule has 2 rings (SSSR count). The molecule has 0 fully saturated rings. The number of hydrogen-bond acceptors (Lipinski definition) is 3. The van der Waals surface area contributed by atoms with E-state index in [2.05, 4.69) is 15.6 Å². The van der Waals surface area contributed by atoms with Gasteiger partial charge in [-0.1, -0.05) is 12.1 Å². The Balaban J connectivity index is 2.13. The van der Waals surface area contributed by atoms with Crippen molar-refractivity contribution in [2.75, 3.05) is 12.4 Å². The van der Waals surface area contributed by atoms with E-state index in [-0.39, 0.29) is 17.8 Å². The normalized spacial score (nSPS) is 11.8. The quantitative estimate of drug-likeness (QED) is 0.908. The standard InChI is InChI=1S/C16H18FN3O/c1-10-8-13(9-15(18-3)19-10)16(21)20-11(2)12-4-6-14(17)7-5-12/h4-9,11H,1-3H3,(H,18,19)(H,20,21). The summed E-state index contributed by atoms with van der Waals surface area (Å²) in [6.07, 6.45) is 0. The van der Waals surface area contributed by atoms with Crippen LogP contribution in [0.1, 0.15) is 34.6 Å². The monoisotopic (exact) mass is 287 g/mol. The van der Waals surface area contributed by atoms with Crippen molar-refractivity contribution < 1.29 is 9.18 Å². The van der Waals surface area contributed by atoms with E-state index in [1.807, 2.05) is 13.8 Å². The molecule has 5 heteroatoms. The van der Waals surface area contributed by atoms with Crippen molar-refractivity contribution in [3.63, 3.8) is 0 Å². The molecule has 4 nitrogen and oxygen atoms in total. The third kappa shape index (κ3) is 3.78. The van der Waals surface area contributed by atoms with Crippen molar-refractivity contribution in [1.29, 1.82) is 0 Å². The summed E-state index contributed by atoms with van der Waals surface area (Å²) in [6.45, 7) is 3.69. The number of nitrogens with one attached hydrogen (secondary N) is 2. The molecule has 1 atom stereocenters. The Bertz CT molecular complexity index is 640. The molecule has 0 aliphatic carbocycles. The molecule has 2 aromatic rings. The summed E-state index contributed by atoms with van der Waals surface area (Å²) in [4.78, 5) is 16.5. The molecule has 0 aliphatic rings. The number of pyridine rings is 1. The van der Waals surface area contributed by atoms with Crippen LogP contribution in [-0.4, -0.2) is 17.9 Å². The predicted octanol–water partition coefficient (Wildman–Crippen LogP) is 3.06. The van der Waals surface area contributed by atoms with Gasteiger partial charge in [0.1, 0.15) is 11.6 Å². The Morgan fingerprint density at radius 3 is 2.52 bits per heavy atom. The van der Waals surface area contributed by atoms with Crippen molar-refractivity contribution in [2.45, 2.75) is 19.9 Å². The molecule has 0 radical (unpaired) electrons. The minimum atomic E-state index is -0.291. The van der Waals surface area contributed by atoms with Gasteiger partial charge in [-0.15, -0.1) is 0 Å². The number of hydrogen-bond donors (Lipinski definition) is 2. The second kappa shape index (κ2) is 6.35. The molecule has 1 aromatic carbocycles. The summed E-state index contributed by atoms with van der Waals surface area (Å²) in [6, 6.07) is 9.31. The topological polar surface area (TPSA) is 54.0 Å². The maximum atomic E-state index is 12.9. The number of anilines is 1. The number of nitrogens with zero attached hydrogens (tertiary/aromatic N) is 1. The highest BCUT2D eigenvalue weighted by molar-refractivity contribution is 5.95. The number of aromatic nitrogens is 1. The van der Waals surface area contributed by atoms with E-state index in [4.69, 9.17) is 0 Å². The first-order chi connectivity index (χ1) is 9.99. The van der Waals surface area contributed by atoms with Gasteiger partial charge >= 0.3 is 0 Å². The van der Waals surface area contributed by atoms with E-state index in [9.17, 15) is 9.18 Å². The maximum absolute atomic E-state index is 12.9. The molecule has 1 amide bonds. The third-order valence-electron chi connectivity index (χ3n) is 3.19. The Morgan fingerprint density at radius 1 is 1.24 bits per heavy atom. The number of rotatable bonds is 4. The van der Waals surface area contributed by atoms with E-state index in [1.54, 1.807) is 31.3 Å². The first-order valence-electron chi connectivity index (χ1n) is 6.72. The molecule has 1 heterocycles. The maximum Gasteiger partial charge on any atom is 0.251 e. The second-order valence-electron chi connectivity index (χ2n) is 4.88. The SMILES string of the molecule is CNc1cc(C(=O)NC(C)c2ccc(F)cc2)cc(C)n1. The molecule has 1 aromatic heterocycles. The van der Waals surface area contributed by atoms with Gasteiger partial charge in [0.15, 0.2) is 0 Å². The van der Waals surface area contributed by atoms with Crippen molar-refractivity contribution >= 4 is 11.7 Å². The lowest BCUT2D eigenvalue weighted by Crippen LogP contribution is -2.26. The summed E-state index contributed by atoms with van der Waals surface area (Å²) in [5.41, 5.74) is 2.16. The van der Waals surface area contributed by atoms with Gasteiger partial charge in [-0.05, 0) is 43.7 Å². The Kier molecular flexibility index (Phi) is 4.52. The minimum Gasteiger partial charge on any atom is -0.373 e. The molecular formula is C16H18FN3O. The number of aryl methyl sites for hydroxylation is 1. The summed E-state index contributed by atoms with van der Waals surface area (Å²) < 4.78 is 12.9. The average molecular weight is 287 g/mol. The van der Waals surface area contributed by atoms with Gasteiger partial charge in [0, 0.05) is 18.3 Å². The van der Waals surface area contributed by atoms with Crippen LogP contribution in [-0.2, 0) is 0 Å². The van der Waals surface area contributed by atoms with E-state index in [0.29, 0.717) is 11.4 Å². The van der Waals surface area contributed by atoms with Crippen LogP contribution in [0.15, 0.2) is 36.4 Å². The lowest BCUT2D eigenvalue weighted by atomic mass is 10.1. The summed E-state index contributed by atoms with van der Waals surface area (Å²) in [5, 5.41) is 5.82. The number of amides is 1. The zero-order chi connectivity index (χ0) is 15.4. The lowest BCUT2D eigenvalue weighted by Gasteiger charge is -2.15. The highest BCUT2D eigenvalue weighted by atomic mass is 19.1. The smallest absolute Gasteiger partial charge is 0.251 e. The fraction of sp³-hybridized carbons (Fsp3) is 0.250. The molecule has 0 saturated carbocycles. The fourth-order valence-electron chi connectivity index (χ4n) is 2.04. The van der Waals surface area contributed by atoms with E-state index < -0.39 is 0 Å². The van der Waals surface area contributed by atoms with E-state index in [0.717, 1.165) is 11.3 Å². The molecule has 0 bridgehead atoms. The Hall–Kier alpha value is -2.43. The van der Waals surface area contributed by atoms with Crippen LogP contribution in [0.2, 0.25) is 0 Å². The van der Waals surface area contributed by atoms with Crippen LogP contribution < -0.4 is 10.6 Å². The number of carbonyl (C=O) groups excluding carboxylic acids is 1. The molecule has 0 spiro atoms. The highest BCUT2D eigenvalue weighted by Crippen LogP contribution is 2.15. The van der Waals surface area contributed by atoms with Crippen LogP contribution in [0.4, 0.5) is 10.2 Å². The fourth-order valence-corrected chi connectivity index (χ4v) is 2.04. The van der Waals surface area contributed by atoms with Crippen LogP contribution >= 0.6 is 0 Å². The molecular weight excluding hydrogens is 269 g/mol. The van der Waals surface area contributed by atoms with Gasteiger partial charge in [0.05, 0.1) is 6.04 Å². The summed E-state index contributed by atoms with van der Waals surface area (Å²) in [5.74, 6) is 0.170. The van der Waals surface area contributed by atoms with Gasteiger partial charge in [-0.3, -0.25) is 4.79 Å². The Morgan fingerprint density at radius 2 is 1.90 bits per heavy atom. The van der Waals surface area contributed by atoms with Crippen LogP contribution in [0.5, 0.6) is 0 Å². The minimum absolute atomic E-state index is 0.186. The highest BCUT2D eigenvalue weighted by Gasteiger charge is 2.13. The van der Waals surface area contributed by atoms with Crippen LogP contribution in [0.3, 0.4) is 0 Å². The predicted molar refractivity (Wildman–Crippen MR) is 80.8 cm³/mol. The molecule has 0 saturated heterocycles. The lowest BCUT2D eigenvalue weighted by molar-refractivity contribution is 0.0939. The van der Waals surface area contributed by atoms with E-state index in [1.165, 1.54) is 12.1 Å². The molecule has 1 unspecified atom stereocenters. The molecule has 110 valence electrons. The molecule has 2 N–H and O–H groups in total. The number of carbonyl (C=O) groups is 1. The van der Waals surface area contributed by atoms with Crippen molar-refractivity contribution in [3.8, 4) is 0 Å². The summed E-state index contributed by atoms with van der Waals surface area (Å²) >= 11 is 0. The zero-order valence-corrected chi connectivity index (χ0v) is 12.3. The molecule has 0 aliphatic heterocycles. The van der Waals surface area contributed by atoms with Crippen molar-refractivity contribution in [3.05, 3.63) is 59.0 Å². The first-order valence-corrected chi connectivity index (χ1v) is 6.72. The molecule has 21 heavy (non-hydrogen) atoms. The van der Waals surface area contributed by atoms with Gasteiger partial charge in [-0.2, -0.15) is 0 Å². The van der Waals surface area contributed by atoms with Crippen molar-refractivity contribution in [2.24, 2.45) is 0 Å². The zero-order valence-electron chi connectivity index (χ0n) is 12.3. The van der Waals surface area contributed by atoms with Crippen LogP contribution in [0.25, 0.3) is 0 Å². The van der Waals surface area contributed by atoms with Gasteiger partial charge in [0.25, 0.3) is 5.91 Å².